The lowest BCUT2D eigenvalue weighted by Crippen LogP contribution is -2.27. The molecular formula is C11H14N2O2. The molecule has 4 heteroatoms. The minimum Gasteiger partial charge on any atom is -0.311 e. The van der Waals surface area contributed by atoms with Gasteiger partial charge < -0.3 is 4.98 Å². The lowest BCUT2D eigenvalue weighted by atomic mass is 10.1. The Hall–Kier alpha value is -1.76. The number of rotatable bonds is 4. The molecule has 0 unspecified atom stereocenters. The second-order valence-corrected chi connectivity index (χ2v) is 3.42. The number of aryl methyl sites for hydroxylation is 1. The van der Waals surface area contributed by atoms with E-state index in [1.807, 2.05) is 0 Å². The molecule has 0 bridgehead atoms. The maximum absolute atomic E-state index is 11.4. The predicted molar refractivity (Wildman–Crippen MR) is 58.8 cm³/mol. The van der Waals surface area contributed by atoms with Crippen LogP contribution in [0.2, 0.25) is 0 Å². The molecule has 0 aliphatic heterocycles. The second kappa shape index (κ2) is 5.20. The Morgan fingerprint density at radius 2 is 2.00 bits per heavy atom. The van der Waals surface area contributed by atoms with Crippen LogP contribution in [-0.2, 0) is 6.42 Å². The van der Waals surface area contributed by atoms with Gasteiger partial charge in [0, 0.05) is 17.7 Å². The molecule has 0 atom stereocenters. The third-order valence-electron chi connectivity index (χ3n) is 2.25. The van der Waals surface area contributed by atoms with Crippen LogP contribution in [0.5, 0.6) is 0 Å². The number of terminal acetylenes is 1. The van der Waals surface area contributed by atoms with E-state index in [-0.39, 0.29) is 5.56 Å². The maximum Gasteiger partial charge on any atom is 0.325 e. The molecule has 0 aliphatic carbocycles. The largest absolute Gasteiger partial charge is 0.325 e. The molecular weight excluding hydrogens is 192 g/mol. The zero-order valence-electron chi connectivity index (χ0n) is 8.72. The van der Waals surface area contributed by atoms with Crippen molar-refractivity contribution in [3.8, 4) is 12.3 Å². The first-order chi connectivity index (χ1) is 7.15. The van der Waals surface area contributed by atoms with Crippen LogP contribution in [0.1, 0.15) is 30.5 Å². The first-order valence-electron chi connectivity index (χ1n) is 4.90. The Morgan fingerprint density at radius 1 is 1.27 bits per heavy atom. The van der Waals surface area contributed by atoms with Gasteiger partial charge in [-0.2, -0.15) is 0 Å². The van der Waals surface area contributed by atoms with E-state index in [2.05, 4.69) is 15.9 Å². The summed E-state index contributed by atoms with van der Waals surface area (Å²) in [6, 6.07) is 0. The predicted octanol–water partition coefficient (Wildman–Crippen LogP) is 0.718. The van der Waals surface area contributed by atoms with E-state index in [0.29, 0.717) is 17.7 Å². The Balaban J connectivity index is 2.74. The van der Waals surface area contributed by atoms with E-state index in [9.17, 15) is 9.59 Å². The van der Waals surface area contributed by atoms with Crippen molar-refractivity contribution in [1.82, 2.24) is 9.97 Å². The lowest BCUT2D eigenvalue weighted by Gasteiger charge is -2.02. The molecule has 2 N–H and O–H groups in total. The second-order valence-electron chi connectivity index (χ2n) is 3.42. The van der Waals surface area contributed by atoms with Crippen LogP contribution >= 0.6 is 0 Å². The third-order valence-corrected chi connectivity index (χ3v) is 2.25. The minimum absolute atomic E-state index is 0.294. The minimum atomic E-state index is -0.454. The van der Waals surface area contributed by atoms with Crippen molar-refractivity contribution in [1.29, 1.82) is 0 Å². The summed E-state index contributed by atoms with van der Waals surface area (Å²) < 4.78 is 0. The molecule has 0 aliphatic rings. The summed E-state index contributed by atoms with van der Waals surface area (Å²) in [5.74, 6) is 2.55. The fraction of sp³-hybridized carbons (Fsp3) is 0.455. The molecule has 0 aromatic carbocycles. The average Bonchev–Trinajstić information content (AvgIpc) is 2.15. The van der Waals surface area contributed by atoms with Gasteiger partial charge in [0.05, 0.1) is 0 Å². The van der Waals surface area contributed by atoms with Gasteiger partial charge in [0.2, 0.25) is 0 Å². The molecule has 0 fully saturated rings. The van der Waals surface area contributed by atoms with E-state index < -0.39 is 5.69 Å². The van der Waals surface area contributed by atoms with Gasteiger partial charge in [0.15, 0.2) is 0 Å². The quantitative estimate of drug-likeness (QED) is 0.563. The standard InChI is InChI=1S/C11H14N2O2/c1-3-4-5-6-7-9-8(2)12-11(15)13-10(9)14/h1H,4-7H2,2H3,(H2,12,13,14,15). The number of nitrogens with one attached hydrogen (secondary N) is 2. The summed E-state index contributed by atoms with van der Waals surface area (Å²) in [5.41, 5.74) is 0.540. The van der Waals surface area contributed by atoms with Crippen LogP contribution in [0, 0.1) is 19.3 Å². The third kappa shape index (κ3) is 3.13. The number of aromatic nitrogens is 2. The van der Waals surface area contributed by atoms with E-state index in [0.717, 1.165) is 19.3 Å². The Kier molecular flexibility index (Phi) is 3.92. The van der Waals surface area contributed by atoms with Crippen molar-refractivity contribution < 1.29 is 0 Å². The van der Waals surface area contributed by atoms with Crippen LogP contribution < -0.4 is 11.2 Å². The molecule has 1 aromatic rings. The zero-order valence-corrected chi connectivity index (χ0v) is 8.72. The van der Waals surface area contributed by atoms with E-state index in [1.165, 1.54) is 0 Å². The van der Waals surface area contributed by atoms with Crippen LogP contribution in [-0.4, -0.2) is 9.97 Å². The topological polar surface area (TPSA) is 65.7 Å². The molecule has 0 spiro atoms. The molecule has 1 heterocycles. The Bertz CT molecular complexity index is 477. The zero-order chi connectivity index (χ0) is 11.3. The van der Waals surface area contributed by atoms with Crippen molar-refractivity contribution >= 4 is 0 Å². The summed E-state index contributed by atoms with van der Waals surface area (Å²) >= 11 is 0. The van der Waals surface area contributed by atoms with E-state index in [1.54, 1.807) is 6.92 Å². The highest BCUT2D eigenvalue weighted by atomic mass is 16.2. The van der Waals surface area contributed by atoms with Crippen LogP contribution in [0.15, 0.2) is 9.59 Å². The van der Waals surface area contributed by atoms with E-state index in [4.69, 9.17) is 6.42 Å². The maximum atomic E-state index is 11.4. The molecule has 0 amide bonds. The van der Waals surface area contributed by atoms with Crippen LogP contribution in [0.4, 0.5) is 0 Å². The number of H-pyrrole nitrogens is 2. The fourth-order valence-electron chi connectivity index (χ4n) is 1.46. The summed E-state index contributed by atoms with van der Waals surface area (Å²) in [4.78, 5) is 27.1. The van der Waals surface area contributed by atoms with E-state index >= 15 is 0 Å². The molecule has 1 rings (SSSR count). The molecule has 80 valence electrons. The van der Waals surface area contributed by atoms with Crippen molar-refractivity contribution in [3.05, 3.63) is 32.1 Å². The van der Waals surface area contributed by atoms with Gasteiger partial charge in [-0.15, -0.1) is 12.3 Å². The van der Waals surface area contributed by atoms with Gasteiger partial charge in [-0.25, -0.2) is 4.79 Å². The summed E-state index contributed by atoms with van der Waals surface area (Å²) in [6.07, 6.45) is 8.26. The lowest BCUT2D eigenvalue weighted by molar-refractivity contribution is 0.738. The monoisotopic (exact) mass is 206 g/mol. The van der Waals surface area contributed by atoms with Crippen LogP contribution in [0.3, 0.4) is 0 Å². The molecule has 0 saturated heterocycles. The molecule has 1 aromatic heterocycles. The van der Waals surface area contributed by atoms with Crippen LogP contribution in [0.25, 0.3) is 0 Å². The fourth-order valence-corrected chi connectivity index (χ4v) is 1.46. The van der Waals surface area contributed by atoms with Gasteiger partial charge in [0.1, 0.15) is 0 Å². The highest BCUT2D eigenvalue weighted by molar-refractivity contribution is 5.14. The van der Waals surface area contributed by atoms with Gasteiger partial charge in [-0.1, -0.05) is 0 Å². The molecule has 4 nitrogen and oxygen atoms in total. The number of aromatic amines is 2. The summed E-state index contributed by atoms with van der Waals surface area (Å²) in [5, 5.41) is 0. The number of hydrogen-bond acceptors (Lipinski definition) is 2. The summed E-state index contributed by atoms with van der Waals surface area (Å²) in [7, 11) is 0. The molecule has 0 radical (unpaired) electrons. The van der Waals surface area contributed by atoms with Gasteiger partial charge in [-0.05, 0) is 26.2 Å². The Morgan fingerprint density at radius 3 is 2.60 bits per heavy atom. The molecule has 0 saturated carbocycles. The van der Waals surface area contributed by atoms with Crippen molar-refractivity contribution in [2.45, 2.75) is 32.6 Å². The molecule has 15 heavy (non-hydrogen) atoms. The SMILES string of the molecule is C#CCCCCc1c(C)[nH]c(=O)[nH]c1=O. The average molecular weight is 206 g/mol. The summed E-state index contributed by atoms with van der Waals surface area (Å²) in [6.45, 7) is 1.73. The first-order valence-corrected chi connectivity index (χ1v) is 4.90. The van der Waals surface area contributed by atoms with Crippen molar-refractivity contribution in [2.24, 2.45) is 0 Å². The van der Waals surface area contributed by atoms with Gasteiger partial charge in [-0.3, -0.25) is 9.78 Å². The van der Waals surface area contributed by atoms with Crippen molar-refractivity contribution in [2.75, 3.05) is 0 Å². The Labute approximate surface area is 87.7 Å². The highest BCUT2D eigenvalue weighted by Crippen LogP contribution is 2.03. The number of hydrogen-bond donors (Lipinski definition) is 2. The van der Waals surface area contributed by atoms with Crippen molar-refractivity contribution in [3.63, 3.8) is 0 Å². The highest BCUT2D eigenvalue weighted by Gasteiger charge is 2.04. The smallest absolute Gasteiger partial charge is 0.311 e. The van der Waals surface area contributed by atoms with Gasteiger partial charge in [0.25, 0.3) is 5.56 Å². The number of unbranched alkanes of at least 4 members (excludes halogenated alkanes) is 2. The normalized spacial score (nSPS) is 9.87. The first kappa shape index (κ1) is 11.3. The van der Waals surface area contributed by atoms with Gasteiger partial charge >= 0.3 is 5.69 Å².